The molecule has 2 aromatic carbocycles. The molecule has 0 atom stereocenters. The van der Waals surface area contributed by atoms with E-state index in [1.807, 2.05) is 35.0 Å². The third kappa shape index (κ3) is 2.48. The Balaban J connectivity index is 2.00. The highest BCUT2D eigenvalue weighted by Crippen LogP contribution is 2.20. The number of carbonyl (C=O) groups is 1. The summed E-state index contributed by atoms with van der Waals surface area (Å²) in [6.45, 7) is 0.752. The highest BCUT2D eigenvalue weighted by atomic mass is 16.1. The predicted octanol–water partition coefficient (Wildman–Crippen LogP) is 3.22. The van der Waals surface area contributed by atoms with E-state index in [9.17, 15) is 4.79 Å². The first-order chi connectivity index (χ1) is 9.88. The van der Waals surface area contributed by atoms with Gasteiger partial charge in [0.25, 0.3) is 0 Å². The van der Waals surface area contributed by atoms with Crippen molar-refractivity contribution >= 4 is 17.2 Å². The van der Waals surface area contributed by atoms with Crippen LogP contribution >= 0.6 is 0 Å². The second-order valence-electron chi connectivity index (χ2n) is 4.81. The van der Waals surface area contributed by atoms with Crippen LogP contribution in [0.3, 0.4) is 0 Å². The molecule has 0 saturated heterocycles. The molecular weight excluding hydrogens is 248 g/mol. The van der Waals surface area contributed by atoms with Crippen molar-refractivity contribution in [2.24, 2.45) is 0 Å². The van der Waals surface area contributed by atoms with Crippen LogP contribution in [-0.4, -0.2) is 16.1 Å². The average Bonchev–Trinajstić information content (AvgIpc) is 2.85. The van der Waals surface area contributed by atoms with Crippen LogP contribution in [0.15, 0.2) is 54.6 Å². The van der Waals surface area contributed by atoms with Gasteiger partial charge in [0, 0.05) is 11.8 Å². The van der Waals surface area contributed by atoms with Gasteiger partial charge >= 0.3 is 0 Å². The molecule has 100 valence electrons. The number of benzene rings is 2. The van der Waals surface area contributed by atoms with Gasteiger partial charge in [-0.05, 0) is 18.1 Å². The quantitative estimate of drug-likeness (QED) is 0.663. The number of hydrogen-bond acceptors (Lipinski definition) is 2. The largest absolute Gasteiger partial charge is 0.303 e. The first-order valence-corrected chi connectivity index (χ1v) is 6.80. The third-order valence-electron chi connectivity index (χ3n) is 3.41. The number of carbonyl (C=O) groups excluding carboxylic acids is 1. The predicted molar refractivity (Wildman–Crippen MR) is 79.7 cm³/mol. The molecule has 0 aliphatic heterocycles. The lowest BCUT2D eigenvalue weighted by Crippen LogP contribution is -2.02. The van der Waals surface area contributed by atoms with E-state index in [-0.39, 0.29) is 0 Å². The minimum atomic E-state index is 0.520. The Kier molecular flexibility index (Phi) is 3.59. The van der Waals surface area contributed by atoms with E-state index >= 15 is 0 Å². The van der Waals surface area contributed by atoms with Crippen LogP contribution < -0.4 is 0 Å². The van der Waals surface area contributed by atoms with Crippen LogP contribution in [0.4, 0.5) is 0 Å². The van der Waals surface area contributed by atoms with E-state index in [2.05, 4.69) is 29.4 Å². The highest BCUT2D eigenvalue weighted by Gasteiger charge is 2.09. The molecule has 20 heavy (non-hydrogen) atoms. The van der Waals surface area contributed by atoms with Crippen molar-refractivity contribution in [2.75, 3.05) is 0 Å². The summed E-state index contributed by atoms with van der Waals surface area (Å²) in [5, 5.41) is 5.82. The Labute approximate surface area is 117 Å². The van der Waals surface area contributed by atoms with E-state index in [0.29, 0.717) is 12.8 Å². The van der Waals surface area contributed by atoms with Crippen LogP contribution in [0.5, 0.6) is 0 Å². The summed E-state index contributed by atoms with van der Waals surface area (Å²) in [4.78, 5) is 10.6. The second-order valence-corrected chi connectivity index (χ2v) is 4.81. The number of aryl methyl sites for hydroxylation is 1. The van der Waals surface area contributed by atoms with Gasteiger partial charge in [-0.3, -0.25) is 4.68 Å². The van der Waals surface area contributed by atoms with Crippen LogP contribution in [-0.2, 0) is 17.8 Å². The fourth-order valence-corrected chi connectivity index (χ4v) is 2.45. The third-order valence-corrected chi connectivity index (χ3v) is 3.41. The number of fused-ring (bicyclic) bond motifs is 1. The molecule has 3 rings (SSSR count). The Bertz CT molecular complexity index is 716. The first-order valence-electron chi connectivity index (χ1n) is 6.80. The lowest BCUT2D eigenvalue weighted by atomic mass is 10.1. The van der Waals surface area contributed by atoms with Crippen LogP contribution in [0.1, 0.15) is 17.7 Å². The standard InChI is InChI=1S/C17H16N2O/c20-12-6-10-16-15-9-4-5-11-17(15)19(18-16)13-14-7-2-1-3-8-14/h1-5,7-9,11-12H,6,10,13H2. The molecule has 0 N–H and O–H groups in total. The van der Waals surface area contributed by atoms with Crippen molar-refractivity contribution in [3.63, 3.8) is 0 Å². The zero-order valence-corrected chi connectivity index (χ0v) is 11.2. The minimum absolute atomic E-state index is 0.520. The lowest BCUT2D eigenvalue weighted by molar-refractivity contribution is -0.107. The molecule has 3 aromatic rings. The molecule has 0 fully saturated rings. The SMILES string of the molecule is O=CCCc1nn(Cc2ccccc2)c2ccccc12. The minimum Gasteiger partial charge on any atom is -0.303 e. The molecule has 0 aliphatic rings. The van der Waals surface area contributed by atoms with E-state index < -0.39 is 0 Å². The molecule has 0 saturated carbocycles. The maximum Gasteiger partial charge on any atom is 0.120 e. The number of nitrogens with zero attached hydrogens (tertiary/aromatic N) is 2. The molecule has 0 bridgehead atoms. The fourth-order valence-electron chi connectivity index (χ4n) is 2.45. The summed E-state index contributed by atoms with van der Waals surface area (Å²) in [5.74, 6) is 0. The molecule has 0 aliphatic carbocycles. The second kappa shape index (κ2) is 5.70. The summed E-state index contributed by atoms with van der Waals surface area (Å²) < 4.78 is 2.02. The van der Waals surface area contributed by atoms with Crippen molar-refractivity contribution in [2.45, 2.75) is 19.4 Å². The summed E-state index contributed by atoms with van der Waals surface area (Å²) in [6.07, 6.45) is 2.17. The van der Waals surface area contributed by atoms with Crippen LogP contribution in [0.2, 0.25) is 0 Å². The van der Waals surface area contributed by atoms with Gasteiger partial charge in [0.2, 0.25) is 0 Å². The number of aldehydes is 1. The monoisotopic (exact) mass is 264 g/mol. The average molecular weight is 264 g/mol. The first kappa shape index (κ1) is 12.6. The van der Waals surface area contributed by atoms with Gasteiger partial charge < -0.3 is 4.79 Å². The van der Waals surface area contributed by atoms with E-state index in [1.165, 1.54) is 5.56 Å². The van der Waals surface area contributed by atoms with Crippen molar-refractivity contribution in [1.82, 2.24) is 9.78 Å². The molecule has 1 aromatic heterocycles. The smallest absolute Gasteiger partial charge is 0.120 e. The van der Waals surface area contributed by atoms with Crippen molar-refractivity contribution in [1.29, 1.82) is 0 Å². The van der Waals surface area contributed by atoms with Gasteiger partial charge in [0.15, 0.2) is 0 Å². The van der Waals surface area contributed by atoms with Gasteiger partial charge in [-0.15, -0.1) is 0 Å². The summed E-state index contributed by atoms with van der Waals surface area (Å²) >= 11 is 0. The summed E-state index contributed by atoms with van der Waals surface area (Å²) in [6, 6.07) is 18.5. The normalized spacial score (nSPS) is 10.8. The van der Waals surface area contributed by atoms with Crippen LogP contribution in [0.25, 0.3) is 10.9 Å². The molecule has 0 radical (unpaired) electrons. The number of rotatable bonds is 5. The van der Waals surface area contributed by atoms with E-state index in [4.69, 9.17) is 0 Å². The lowest BCUT2D eigenvalue weighted by Gasteiger charge is -2.03. The Hall–Kier alpha value is -2.42. The maximum absolute atomic E-state index is 10.6. The molecule has 3 heteroatoms. The molecule has 0 spiro atoms. The molecule has 1 heterocycles. The van der Waals surface area contributed by atoms with E-state index in [0.717, 1.165) is 29.4 Å². The number of hydrogen-bond donors (Lipinski definition) is 0. The van der Waals surface area contributed by atoms with Crippen LogP contribution in [0, 0.1) is 0 Å². The van der Waals surface area contributed by atoms with Crippen molar-refractivity contribution < 1.29 is 4.79 Å². The highest BCUT2D eigenvalue weighted by molar-refractivity contribution is 5.82. The van der Waals surface area contributed by atoms with Gasteiger partial charge in [-0.1, -0.05) is 48.5 Å². The van der Waals surface area contributed by atoms with Crippen molar-refractivity contribution in [3.05, 3.63) is 65.9 Å². The zero-order chi connectivity index (χ0) is 13.8. The number of para-hydroxylation sites is 1. The van der Waals surface area contributed by atoms with Gasteiger partial charge in [0.05, 0.1) is 17.8 Å². The van der Waals surface area contributed by atoms with E-state index in [1.54, 1.807) is 0 Å². The summed E-state index contributed by atoms with van der Waals surface area (Å²) in [5.41, 5.74) is 3.35. The Morgan fingerprint density at radius 3 is 2.55 bits per heavy atom. The Morgan fingerprint density at radius 2 is 1.75 bits per heavy atom. The van der Waals surface area contributed by atoms with Gasteiger partial charge in [0.1, 0.15) is 6.29 Å². The molecular formula is C17H16N2O. The fraction of sp³-hybridized carbons (Fsp3) is 0.176. The summed E-state index contributed by atoms with van der Waals surface area (Å²) in [7, 11) is 0. The number of aromatic nitrogens is 2. The zero-order valence-electron chi connectivity index (χ0n) is 11.2. The van der Waals surface area contributed by atoms with Crippen molar-refractivity contribution in [3.8, 4) is 0 Å². The van der Waals surface area contributed by atoms with Gasteiger partial charge in [-0.2, -0.15) is 5.10 Å². The topological polar surface area (TPSA) is 34.9 Å². The Morgan fingerprint density at radius 1 is 1.00 bits per heavy atom. The molecule has 3 nitrogen and oxygen atoms in total. The molecule has 0 unspecified atom stereocenters. The molecule has 0 amide bonds. The maximum atomic E-state index is 10.6. The van der Waals surface area contributed by atoms with Gasteiger partial charge in [-0.25, -0.2) is 0 Å².